The zero-order chi connectivity index (χ0) is 15.2. The summed E-state index contributed by atoms with van der Waals surface area (Å²) in [7, 11) is 0. The van der Waals surface area contributed by atoms with Gasteiger partial charge in [-0.05, 0) is 20.8 Å². The number of rotatable bonds is 7. The molecule has 0 atom stereocenters. The fourth-order valence-corrected chi connectivity index (χ4v) is 1.85. The fourth-order valence-electron chi connectivity index (χ4n) is 1.85. The van der Waals surface area contributed by atoms with E-state index in [0.29, 0.717) is 37.2 Å². The van der Waals surface area contributed by atoms with Crippen LogP contribution in [-0.4, -0.2) is 21.7 Å². The Bertz CT molecular complexity index is 579. The van der Waals surface area contributed by atoms with Crippen LogP contribution in [-0.2, 0) is 17.9 Å². The Balaban J connectivity index is 2.11. The van der Waals surface area contributed by atoms with E-state index >= 15 is 0 Å². The zero-order valence-corrected chi connectivity index (χ0v) is 12.4. The molecule has 114 valence electrons. The Kier molecular flexibility index (Phi) is 5.07. The minimum Gasteiger partial charge on any atom is -0.374 e. The van der Waals surface area contributed by atoms with Crippen molar-refractivity contribution in [3.8, 4) is 0 Å². The quantitative estimate of drug-likeness (QED) is 0.520. The molecule has 0 saturated carbocycles. The lowest BCUT2D eigenvalue weighted by Gasteiger charge is -2.09. The SMILES string of the molecule is CCOCc1nc(NN)cc(NCc2c(C)noc2C)n1. The molecule has 0 aromatic carbocycles. The van der Waals surface area contributed by atoms with Gasteiger partial charge in [0.05, 0.1) is 5.69 Å². The van der Waals surface area contributed by atoms with E-state index in [1.165, 1.54) is 0 Å². The molecular weight excluding hydrogens is 272 g/mol. The van der Waals surface area contributed by atoms with Crippen LogP contribution in [0.4, 0.5) is 11.6 Å². The van der Waals surface area contributed by atoms with Gasteiger partial charge in [0.2, 0.25) is 0 Å². The van der Waals surface area contributed by atoms with Gasteiger partial charge >= 0.3 is 0 Å². The molecule has 2 rings (SSSR count). The van der Waals surface area contributed by atoms with Crippen LogP contribution in [0.2, 0.25) is 0 Å². The molecule has 8 heteroatoms. The Labute approximate surface area is 123 Å². The third-order valence-corrected chi connectivity index (χ3v) is 2.98. The molecule has 2 aromatic rings. The van der Waals surface area contributed by atoms with E-state index in [-0.39, 0.29) is 0 Å². The fraction of sp³-hybridized carbons (Fsp3) is 0.462. The van der Waals surface area contributed by atoms with E-state index in [2.05, 4.69) is 25.9 Å². The minimum atomic E-state index is 0.339. The van der Waals surface area contributed by atoms with Crippen molar-refractivity contribution in [3.05, 3.63) is 28.9 Å². The van der Waals surface area contributed by atoms with Crippen LogP contribution >= 0.6 is 0 Å². The number of nitrogens with zero attached hydrogens (tertiary/aromatic N) is 3. The number of hydrogen-bond acceptors (Lipinski definition) is 8. The smallest absolute Gasteiger partial charge is 0.158 e. The molecule has 0 unspecified atom stereocenters. The van der Waals surface area contributed by atoms with E-state index in [0.717, 1.165) is 17.0 Å². The van der Waals surface area contributed by atoms with E-state index in [4.69, 9.17) is 15.1 Å². The molecule has 0 radical (unpaired) electrons. The Morgan fingerprint density at radius 1 is 1.29 bits per heavy atom. The van der Waals surface area contributed by atoms with Crippen molar-refractivity contribution in [2.24, 2.45) is 5.84 Å². The second kappa shape index (κ2) is 7.00. The monoisotopic (exact) mass is 292 g/mol. The Hall–Kier alpha value is -2.19. The molecule has 0 aliphatic carbocycles. The van der Waals surface area contributed by atoms with E-state index in [1.807, 2.05) is 20.8 Å². The number of anilines is 2. The standard InChI is InChI=1S/C13H20N6O2/c1-4-20-7-13-16-11(5-12(17-13)18-14)15-6-10-8(2)19-21-9(10)3/h5H,4,6-7,14H2,1-3H3,(H2,15,16,17,18). The first-order valence-electron chi connectivity index (χ1n) is 6.72. The largest absolute Gasteiger partial charge is 0.374 e. The van der Waals surface area contributed by atoms with Crippen molar-refractivity contribution < 1.29 is 9.26 Å². The van der Waals surface area contributed by atoms with Crippen molar-refractivity contribution in [2.75, 3.05) is 17.3 Å². The van der Waals surface area contributed by atoms with Crippen LogP contribution in [0.25, 0.3) is 0 Å². The predicted octanol–water partition coefficient (Wildman–Crippen LogP) is 1.52. The molecular formula is C13H20N6O2. The molecule has 4 N–H and O–H groups in total. The number of nitrogen functional groups attached to an aromatic ring is 1. The van der Waals surface area contributed by atoms with E-state index in [1.54, 1.807) is 6.07 Å². The van der Waals surface area contributed by atoms with E-state index in [9.17, 15) is 0 Å². The van der Waals surface area contributed by atoms with Crippen molar-refractivity contribution in [3.63, 3.8) is 0 Å². The first-order chi connectivity index (χ1) is 10.1. The summed E-state index contributed by atoms with van der Waals surface area (Å²) in [6.07, 6.45) is 0. The number of aromatic nitrogens is 3. The van der Waals surface area contributed by atoms with Gasteiger partial charge in [-0.3, -0.25) is 0 Å². The van der Waals surface area contributed by atoms with Gasteiger partial charge in [0.25, 0.3) is 0 Å². The highest BCUT2D eigenvalue weighted by atomic mass is 16.5. The number of aryl methyl sites for hydroxylation is 2. The number of hydrazine groups is 1. The first kappa shape index (κ1) is 15.2. The van der Waals surface area contributed by atoms with Gasteiger partial charge in [0.15, 0.2) is 5.82 Å². The molecule has 0 bridgehead atoms. The summed E-state index contributed by atoms with van der Waals surface area (Å²) in [4.78, 5) is 8.61. The van der Waals surface area contributed by atoms with Crippen LogP contribution < -0.4 is 16.6 Å². The summed E-state index contributed by atoms with van der Waals surface area (Å²) in [6.45, 7) is 7.21. The maximum atomic E-state index is 5.42. The first-order valence-corrected chi connectivity index (χ1v) is 6.72. The van der Waals surface area contributed by atoms with Crippen LogP contribution in [0.5, 0.6) is 0 Å². The Morgan fingerprint density at radius 3 is 2.67 bits per heavy atom. The number of ether oxygens (including phenoxy) is 1. The third-order valence-electron chi connectivity index (χ3n) is 2.98. The summed E-state index contributed by atoms with van der Waals surface area (Å²) >= 11 is 0. The molecule has 2 aromatic heterocycles. The van der Waals surface area contributed by atoms with Crippen molar-refractivity contribution >= 4 is 11.6 Å². The summed E-state index contributed by atoms with van der Waals surface area (Å²) in [5.74, 6) is 7.97. The Morgan fingerprint density at radius 2 is 2.05 bits per heavy atom. The summed E-state index contributed by atoms with van der Waals surface area (Å²) in [5.41, 5.74) is 4.40. The van der Waals surface area contributed by atoms with Gasteiger partial charge in [0, 0.05) is 24.8 Å². The molecule has 0 saturated heterocycles. The molecule has 0 spiro atoms. The lowest BCUT2D eigenvalue weighted by atomic mass is 10.2. The molecule has 8 nitrogen and oxygen atoms in total. The summed E-state index contributed by atoms with van der Waals surface area (Å²) < 4.78 is 10.4. The number of nitrogens with two attached hydrogens (primary N) is 1. The second-order valence-electron chi connectivity index (χ2n) is 4.49. The van der Waals surface area contributed by atoms with Gasteiger partial charge in [-0.2, -0.15) is 0 Å². The maximum absolute atomic E-state index is 5.42. The van der Waals surface area contributed by atoms with Crippen LogP contribution in [0.15, 0.2) is 10.6 Å². The minimum absolute atomic E-state index is 0.339. The average molecular weight is 292 g/mol. The molecule has 0 aliphatic heterocycles. The van der Waals surface area contributed by atoms with Crippen LogP contribution in [0.3, 0.4) is 0 Å². The highest BCUT2D eigenvalue weighted by Crippen LogP contribution is 2.16. The van der Waals surface area contributed by atoms with Gasteiger partial charge in [0.1, 0.15) is 24.0 Å². The highest BCUT2D eigenvalue weighted by molar-refractivity contribution is 5.47. The molecule has 0 aliphatic rings. The lowest BCUT2D eigenvalue weighted by Crippen LogP contribution is -2.13. The predicted molar refractivity (Wildman–Crippen MR) is 78.5 cm³/mol. The van der Waals surface area contributed by atoms with Crippen LogP contribution in [0, 0.1) is 13.8 Å². The average Bonchev–Trinajstić information content (AvgIpc) is 2.81. The number of nitrogens with one attached hydrogen (secondary N) is 2. The lowest BCUT2D eigenvalue weighted by molar-refractivity contribution is 0.128. The van der Waals surface area contributed by atoms with Crippen molar-refractivity contribution in [1.82, 2.24) is 15.1 Å². The zero-order valence-electron chi connectivity index (χ0n) is 12.4. The van der Waals surface area contributed by atoms with Gasteiger partial charge in [-0.15, -0.1) is 0 Å². The summed E-state index contributed by atoms with van der Waals surface area (Å²) in [6, 6.07) is 1.73. The molecule has 2 heterocycles. The second-order valence-corrected chi connectivity index (χ2v) is 4.49. The van der Waals surface area contributed by atoms with Gasteiger partial charge < -0.3 is 20.0 Å². The maximum Gasteiger partial charge on any atom is 0.158 e. The molecule has 21 heavy (non-hydrogen) atoms. The van der Waals surface area contributed by atoms with Crippen LogP contribution in [0.1, 0.15) is 29.8 Å². The summed E-state index contributed by atoms with van der Waals surface area (Å²) in [5, 5.41) is 7.14. The highest BCUT2D eigenvalue weighted by Gasteiger charge is 2.10. The van der Waals surface area contributed by atoms with E-state index < -0.39 is 0 Å². The van der Waals surface area contributed by atoms with Gasteiger partial charge in [-0.25, -0.2) is 15.8 Å². The van der Waals surface area contributed by atoms with Gasteiger partial charge in [-0.1, -0.05) is 5.16 Å². The third kappa shape index (κ3) is 3.89. The topological polar surface area (TPSA) is 111 Å². The molecule has 0 amide bonds. The normalized spacial score (nSPS) is 10.7. The van der Waals surface area contributed by atoms with Crippen molar-refractivity contribution in [2.45, 2.75) is 33.9 Å². The van der Waals surface area contributed by atoms with Crippen molar-refractivity contribution in [1.29, 1.82) is 0 Å². The number of hydrogen-bond donors (Lipinski definition) is 3. The molecule has 0 fully saturated rings.